The summed E-state index contributed by atoms with van der Waals surface area (Å²) in [4.78, 5) is 82.5. The van der Waals surface area contributed by atoms with E-state index in [1.165, 1.54) is 38.3 Å². The monoisotopic (exact) mass is 820 g/mol. The van der Waals surface area contributed by atoms with Gasteiger partial charge in [-0.2, -0.15) is 0 Å². The number of Topliss-reactive ketones (excluding diaryl/α,β-unsaturated/α-hetero) is 1. The van der Waals surface area contributed by atoms with Crippen molar-refractivity contribution in [3.63, 3.8) is 0 Å². The van der Waals surface area contributed by atoms with Crippen LogP contribution in [0.1, 0.15) is 83.6 Å². The van der Waals surface area contributed by atoms with E-state index in [4.69, 9.17) is 18.9 Å². The minimum Gasteiger partial charge on any atom is -0.493 e. The van der Waals surface area contributed by atoms with E-state index >= 15 is 4.39 Å². The van der Waals surface area contributed by atoms with Gasteiger partial charge in [-0.3, -0.25) is 14.4 Å². The summed E-state index contributed by atoms with van der Waals surface area (Å²) in [6.07, 6.45) is 1.70. The highest BCUT2D eigenvalue weighted by molar-refractivity contribution is 6.01. The first-order chi connectivity index (χ1) is 27.4. The zero-order valence-corrected chi connectivity index (χ0v) is 32.6. The molecule has 5 rings (SSSR count). The highest BCUT2D eigenvalue weighted by Gasteiger charge is 2.78. The minimum atomic E-state index is -2.46. The second kappa shape index (κ2) is 17.8. The number of carbonyl (C=O) groups is 4. The van der Waals surface area contributed by atoms with Crippen molar-refractivity contribution >= 4 is 23.7 Å². The van der Waals surface area contributed by atoms with Crippen molar-refractivity contribution in [3.05, 3.63) is 67.8 Å². The van der Waals surface area contributed by atoms with Crippen LogP contribution >= 0.6 is 0 Å². The summed E-state index contributed by atoms with van der Waals surface area (Å²) in [5, 5.41) is 42.6. The van der Waals surface area contributed by atoms with Crippen LogP contribution in [0, 0.1) is 42.9 Å². The zero-order valence-electron chi connectivity index (χ0n) is 32.6. The topological polar surface area (TPSA) is 250 Å². The van der Waals surface area contributed by atoms with Crippen LogP contribution in [0.4, 0.5) is 9.18 Å². The number of nitrogens with zero attached hydrogens (tertiary/aromatic N) is 2. The molecule has 0 aliphatic heterocycles. The fraction of sp³-hybridized carbons (Fsp3) is 0.641. The molecule has 0 saturated heterocycles. The standard InChI is InChI=1S/C39H49FN2O16/c1-36-16-15-26(43)20-25(36)12-13-27-28-21-31(44)39(37(28,2)22-32(45)38(27,36)40,58-34(47)10-8-18-56-42(51)52)33(46)23-54-35(48)57-29-14-11-24(19-30(29)53-3)9-6-4-5-7-17-55-41(49)50/h11,14-16,19-20,27-28,31-32,44-45H,4-10,12-13,17-18,21-23H2,1-3H3/t27?,28?,31-,32+,36+,37+,38+,39+/m1/s1. The van der Waals surface area contributed by atoms with Crippen LogP contribution in [0.15, 0.2) is 42.0 Å². The van der Waals surface area contributed by atoms with E-state index in [9.17, 15) is 49.6 Å². The second-order valence-electron chi connectivity index (χ2n) is 15.7. The Hall–Kier alpha value is -5.17. The van der Waals surface area contributed by atoms with E-state index in [-0.39, 0.29) is 43.2 Å². The molecule has 0 amide bonds. The number of aryl methyl sites for hydroxylation is 1. The summed E-state index contributed by atoms with van der Waals surface area (Å²) in [6.45, 7) is 1.60. The molecule has 18 nitrogen and oxygen atoms in total. The number of esters is 1. The molecular formula is C39H49FN2O16. The molecule has 1 aromatic rings. The van der Waals surface area contributed by atoms with Crippen molar-refractivity contribution in [2.24, 2.45) is 22.7 Å². The van der Waals surface area contributed by atoms with Gasteiger partial charge in [0, 0.05) is 23.2 Å². The normalized spacial score (nSPS) is 30.8. The number of ether oxygens (including phenoxy) is 4. The molecule has 4 aliphatic rings. The summed E-state index contributed by atoms with van der Waals surface area (Å²) in [6, 6.07) is 4.81. The van der Waals surface area contributed by atoms with Crippen LogP contribution in [0.2, 0.25) is 0 Å². The second-order valence-corrected chi connectivity index (χ2v) is 15.7. The number of rotatable bonds is 19. The van der Waals surface area contributed by atoms with Gasteiger partial charge in [-0.05, 0) is 94.1 Å². The lowest BCUT2D eigenvalue weighted by Gasteiger charge is -2.62. The number of allylic oxidation sites excluding steroid dienone is 4. The Morgan fingerprint density at radius 2 is 1.64 bits per heavy atom. The van der Waals surface area contributed by atoms with E-state index in [1.54, 1.807) is 19.1 Å². The van der Waals surface area contributed by atoms with Crippen molar-refractivity contribution in [1.29, 1.82) is 0 Å². The van der Waals surface area contributed by atoms with E-state index in [2.05, 4.69) is 9.68 Å². The van der Waals surface area contributed by atoms with Crippen LogP contribution in [0.25, 0.3) is 0 Å². The average Bonchev–Trinajstić information content (AvgIpc) is 3.38. The van der Waals surface area contributed by atoms with Crippen LogP contribution in [-0.4, -0.2) is 94.5 Å². The Morgan fingerprint density at radius 3 is 2.33 bits per heavy atom. The highest BCUT2D eigenvalue weighted by atomic mass is 19.1. The van der Waals surface area contributed by atoms with Gasteiger partial charge < -0.3 is 38.8 Å². The summed E-state index contributed by atoms with van der Waals surface area (Å²) in [7, 11) is 1.36. The highest BCUT2D eigenvalue weighted by Crippen LogP contribution is 2.70. The maximum atomic E-state index is 17.8. The van der Waals surface area contributed by atoms with Gasteiger partial charge in [0.25, 0.3) is 10.2 Å². The van der Waals surface area contributed by atoms with Crippen molar-refractivity contribution in [3.8, 4) is 11.5 Å². The number of carbonyl (C=O) groups excluding carboxylic acids is 4. The van der Waals surface area contributed by atoms with Crippen molar-refractivity contribution in [2.75, 3.05) is 26.9 Å². The number of halogens is 1. The van der Waals surface area contributed by atoms with E-state index in [0.717, 1.165) is 24.8 Å². The molecular weight excluding hydrogens is 771 g/mol. The number of hydrogen-bond donors (Lipinski definition) is 2. The van der Waals surface area contributed by atoms with E-state index in [0.29, 0.717) is 24.8 Å². The number of ketones is 2. The minimum absolute atomic E-state index is 0.0230. The molecule has 2 unspecified atom stereocenters. The largest absolute Gasteiger partial charge is 0.514 e. The lowest BCUT2D eigenvalue weighted by Crippen LogP contribution is -2.70. The Balaban J connectivity index is 1.33. The first-order valence-corrected chi connectivity index (χ1v) is 19.2. The maximum Gasteiger partial charge on any atom is 0.514 e. The molecule has 0 heterocycles. The van der Waals surface area contributed by atoms with Gasteiger partial charge in [-0.1, -0.05) is 37.5 Å². The van der Waals surface area contributed by atoms with Crippen LogP contribution in [0.3, 0.4) is 0 Å². The number of aliphatic hydroxyl groups is 2. The molecule has 0 bridgehead atoms. The third-order valence-corrected chi connectivity index (χ3v) is 12.5. The number of unbranched alkanes of at least 4 members (excludes halogenated alkanes) is 3. The first kappa shape index (κ1) is 43.9. The fourth-order valence-electron chi connectivity index (χ4n) is 9.77. The van der Waals surface area contributed by atoms with Crippen molar-refractivity contribution in [2.45, 2.75) is 108 Å². The third kappa shape index (κ3) is 8.37. The molecule has 8 atom stereocenters. The van der Waals surface area contributed by atoms with Gasteiger partial charge in [0.2, 0.25) is 11.4 Å². The van der Waals surface area contributed by atoms with E-state index < -0.39 is 100 Å². The Labute approximate surface area is 332 Å². The predicted molar refractivity (Wildman–Crippen MR) is 196 cm³/mol. The number of aliphatic hydroxyl groups excluding tert-OH is 2. The van der Waals surface area contributed by atoms with Gasteiger partial charge in [0.1, 0.15) is 6.10 Å². The smallest absolute Gasteiger partial charge is 0.493 e. The molecule has 0 spiro atoms. The number of benzene rings is 1. The number of methoxy groups -OCH3 is 1. The Morgan fingerprint density at radius 1 is 0.948 bits per heavy atom. The lowest BCUT2D eigenvalue weighted by atomic mass is 9.44. The van der Waals surface area contributed by atoms with Crippen LogP contribution < -0.4 is 9.47 Å². The summed E-state index contributed by atoms with van der Waals surface area (Å²) >= 11 is 0. The average molecular weight is 821 g/mol. The summed E-state index contributed by atoms with van der Waals surface area (Å²) < 4.78 is 39.6. The van der Waals surface area contributed by atoms with Gasteiger partial charge in [0.05, 0.1) is 26.4 Å². The molecule has 4 aliphatic carbocycles. The molecule has 3 fully saturated rings. The Bertz CT molecular complexity index is 1840. The van der Waals surface area contributed by atoms with Crippen molar-refractivity contribution in [1.82, 2.24) is 0 Å². The lowest BCUT2D eigenvalue weighted by molar-refractivity contribution is -0.757. The molecule has 1 aromatic carbocycles. The number of alkyl halides is 1. The summed E-state index contributed by atoms with van der Waals surface area (Å²) in [5.41, 5.74) is -6.44. The van der Waals surface area contributed by atoms with E-state index in [1.807, 2.05) is 0 Å². The molecule has 0 aromatic heterocycles. The Kier molecular flexibility index (Phi) is 13.5. The van der Waals surface area contributed by atoms with Crippen molar-refractivity contribution < 1.29 is 72.6 Å². The van der Waals surface area contributed by atoms with Crippen LogP contribution in [0.5, 0.6) is 11.5 Å². The molecule has 318 valence electrons. The van der Waals surface area contributed by atoms with Gasteiger partial charge in [-0.15, -0.1) is 20.2 Å². The molecule has 19 heteroatoms. The van der Waals surface area contributed by atoms with Gasteiger partial charge in [-0.25, -0.2) is 9.18 Å². The molecule has 2 N–H and O–H groups in total. The number of fused-ring (bicyclic) bond motifs is 5. The van der Waals surface area contributed by atoms with Gasteiger partial charge in [0.15, 0.2) is 29.6 Å². The van der Waals surface area contributed by atoms with Gasteiger partial charge >= 0.3 is 12.1 Å². The maximum absolute atomic E-state index is 17.8. The predicted octanol–water partition coefficient (Wildman–Crippen LogP) is 4.70. The molecule has 58 heavy (non-hydrogen) atoms. The fourth-order valence-corrected chi connectivity index (χ4v) is 9.77. The summed E-state index contributed by atoms with van der Waals surface area (Å²) in [5.74, 6) is -4.11. The molecule has 0 radical (unpaired) electrons. The third-order valence-electron chi connectivity index (χ3n) is 12.5. The number of hydrogen-bond acceptors (Lipinski definition) is 16. The van der Waals surface area contributed by atoms with Crippen LogP contribution in [-0.2, 0) is 40.0 Å². The zero-order chi connectivity index (χ0) is 42.5. The molecule has 3 saturated carbocycles. The quantitative estimate of drug-likeness (QED) is 0.0631. The first-order valence-electron chi connectivity index (χ1n) is 19.2. The SMILES string of the molecule is COc1cc(CCCCCCO[N+](=O)[O-])ccc1OC(=O)OCC(=O)[C@@]1(OC(=O)CCCO[N+](=O)[O-])[C@H](O)CC2C3CCC4=CC(=O)C=C[C@]4(C)[C@@]3(F)[C@@H](O)C[C@@]21C.